The Morgan fingerprint density at radius 1 is 1.46 bits per heavy atom. The van der Waals surface area contributed by atoms with E-state index in [1.54, 1.807) is 6.20 Å². The summed E-state index contributed by atoms with van der Waals surface area (Å²) >= 11 is 4.94. The van der Waals surface area contributed by atoms with Crippen LogP contribution in [0.1, 0.15) is 5.69 Å². The largest absolute Gasteiger partial charge is 0.337 e. The van der Waals surface area contributed by atoms with Crippen molar-refractivity contribution >= 4 is 12.2 Å². The summed E-state index contributed by atoms with van der Waals surface area (Å²) in [7, 11) is 0. The predicted molar refractivity (Wildman–Crippen MR) is 53.9 cm³/mol. The summed E-state index contributed by atoms with van der Waals surface area (Å²) in [5.74, 6) is 0. The molecule has 0 saturated carbocycles. The van der Waals surface area contributed by atoms with Crippen molar-refractivity contribution in [3.8, 4) is 11.3 Å². The molecule has 0 aromatic carbocycles. The van der Waals surface area contributed by atoms with Crippen molar-refractivity contribution < 1.29 is 0 Å². The third-order valence-electron chi connectivity index (χ3n) is 1.89. The molecule has 13 heavy (non-hydrogen) atoms. The van der Waals surface area contributed by atoms with Gasteiger partial charge in [0.2, 0.25) is 0 Å². The van der Waals surface area contributed by atoms with Crippen LogP contribution in [0, 0.1) is 11.7 Å². The minimum atomic E-state index is 0.637. The van der Waals surface area contributed by atoms with Gasteiger partial charge in [0, 0.05) is 23.7 Å². The summed E-state index contributed by atoms with van der Waals surface area (Å²) < 4.78 is 0.637. The maximum atomic E-state index is 4.94. The number of hydrogen-bond acceptors (Lipinski definition) is 2. The zero-order chi connectivity index (χ0) is 9.26. The van der Waals surface area contributed by atoms with E-state index < -0.39 is 0 Å². The number of pyridine rings is 1. The fourth-order valence-corrected chi connectivity index (χ4v) is 1.42. The van der Waals surface area contributed by atoms with Crippen LogP contribution in [0.15, 0.2) is 24.5 Å². The van der Waals surface area contributed by atoms with Crippen LogP contribution in [-0.4, -0.2) is 15.0 Å². The van der Waals surface area contributed by atoms with E-state index in [4.69, 9.17) is 12.2 Å². The van der Waals surface area contributed by atoms with Crippen LogP contribution in [-0.2, 0) is 0 Å². The highest BCUT2D eigenvalue weighted by Crippen LogP contribution is 2.17. The maximum Gasteiger partial charge on any atom is 0.174 e. The molecule has 4 heteroatoms. The van der Waals surface area contributed by atoms with Crippen LogP contribution < -0.4 is 0 Å². The summed E-state index contributed by atoms with van der Waals surface area (Å²) in [6.07, 6.45) is 3.63. The van der Waals surface area contributed by atoms with E-state index in [9.17, 15) is 0 Å². The van der Waals surface area contributed by atoms with Crippen LogP contribution in [0.2, 0.25) is 0 Å². The maximum absolute atomic E-state index is 4.94. The number of imidazole rings is 1. The number of aryl methyl sites for hydroxylation is 1. The first-order valence-corrected chi connectivity index (χ1v) is 4.38. The lowest BCUT2D eigenvalue weighted by molar-refractivity contribution is 1.19. The van der Waals surface area contributed by atoms with Gasteiger partial charge in [-0.3, -0.25) is 4.98 Å². The Morgan fingerprint density at radius 3 is 2.92 bits per heavy atom. The number of hydrogen-bond donors (Lipinski definition) is 2. The Kier molecular flexibility index (Phi) is 1.98. The Bertz CT molecular complexity index is 469. The third kappa shape index (κ3) is 1.53. The number of rotatable bonds is 1. The van der Waals surface area contributed by atoms with Crippen molar-refractivity contribution in [3.63, 3.8) is 0 Å². The molecule has 2 heterocycles. The minimum absolute atomic E-state index is 0.637. The second-order valence-electron chi connectivity index (χ2n) is 2.79. The lowest BCUT2D eigenvalue weighted by Gasteiger charge is -1.99. The molecule has 2 aromatic heterocycles. The van der Waals surface area contributed by atoms with Gasteiger partial charge in [0.15, 0.2) is 4.77 Å². The van der Waals surface area contributed by atoms with E-state index in [1.807, 2.05) is 25.3 Å². The molecular weight excluding hydrogens is 182 g/mol. The van der Waals surface area contributed by atoms with Gasteiger partial charge in [-0.25, -0.2) is 0 Å². The minimum Gasteiger partial charge on any atom is -0.337 e. The molecule has 0 unspecified atom stereocenters. The second-order valence-corrected chi connectivity index (χ2v) is 3.20. The number of aromatic amines is 2. The highest BCUT2D eigenvalue weighted by molar-refractivity contribution is 7.71. The Hall–Kier alpha value is -1.42. The van der Waals surface area contributed by atoms with Gasteiger partial charge >= 0.3 is 0 Å². The molecule has 0 amide bonds. The standard InChI is InChI=1S/C9H9N3S/c1-6-7(3-2-4-10-6)8-5-11-9(13)12-8/h2-5H,1H3,(H2,11,12,13). The zero-order valence-electron chi connectivity index (χ0n) is 7.16. The first kappa shape index (κ1) is 8.19. The summed E-state index contributed by atoms with van der Waals surface area (Å²) in [5, 5.41) is 0. The normalized spacial score (nSPS) is 10.2. The fourth-order valence-electron chi connectivity index (χ4n) is 1.25. The topological polar surface area (TPSA) is 44.5 Å². The Balaban J connectivity index is 2.58. The van der Waals surface area contributed by atoms with E-state index >= 15 is 0 Å². The van der Waals surface area contributed by atoms with Crippen molar-refractivity contribution in [2.24, 2.45) is 0 Å². The molecular formula is C9H9N3S. The lowest BCUT2D eigenvalue weighted by atomic mass is 10.1. The number of H-pyrrole nitrogens is 2. The monoisotopic (exact) mass is 191 g/mol. The predicted octanol–water partition coefficient (Wildman–Crippen LogP) is 2.44. The molecule has 0 saturated heterocycles. The van der Waals surface area contributed by atoms with Crippen molar-refractivity contribution in [3.05, 3.63) is 35.0 Å². The van der Waals surface area contributed by atoms with Crippen molar-refractivity contribution in [2.75, 3.05) is 0 Å². The van der Waals surface area contributed by atoms with Crippen LogP contribution in [0.25, 0.3) is 11.3 Å². The number of aromatic nitrogens is 3. The summed E-state index contributed by atoms with van der Waals surface area (Å²) in [6.45, 7) is 1.97. The van der Waals surface area contributed by atoms with E-state index in [2.05, 4.69) is 15.0 Å². The second kappa shape index (κ2) is 3.14. The third-order valence-corrected chi connectivity index (χ3v) is 2.11. The summed E-state index contributed by atoms with van der Waals surface area (Å²) in [5.41, 5.74) is 3.05. The van der Waals surface area contributed by atoms with E-state index in [-0.39, 0.29) is 0 Å². The smallest absolute Gasteiger partial charge is 0.174 e. The van der Waals surface area contributed by atoms with Gasteiger partial charge in [-0.15, -0.1) is 0 Å². The lowest BCUT2D eigenvalue weighted by Crippen LogP contribution is -1.85. The highest BCUT2D eigenvalue weighted by atomic mass is 32.1. The fraction of sp³-hybridized carbons (Fsp3) is 0.111. The van der Waals surface area contributed by atoms with Crippen LogP contribution in [0.5, 0.6) is 0 Å². The zero-order valence-corrected chi connectivity index (χ0v) is 7.98. The van der Waals surface area contributed by atoms with Crippen LogP contribution in [0.3, 0.4) is 0 Å². The van der Waals surface area contributed by atoms with Gasteiger partial charge in [0.25, 0.3) is 0 Å². The van der Waals surface area contributed by atoms with Gasteiger partial charge < -0.3 is 9.97 Å². The summed E-state index contributed by atoms with van der Waals surface area (Å²) in [4.78, 5) is 10.2. The summed E-state index contributed by atoms with van der Waals surface area (Å²) in [6, 6.07) is 3.92. The molecule has 0 bridgehead atoms. The van der Waals surface area contributed by atoms with Crippen molar-refractivity contribution in [1.82, 2.24) is 15.0 Å². The SMILES string of the molecule is Cc1ncccc1-c1c[nH]c(=S)[nH]1. The van der Waals surface area contributed by atoms with Crippen LogP contribution >= 0.6 is 12.2 Å². The van der Waals surface area contributed by atoms with Gasteiger partial charge in [-0.2, -0.15) is 0 Å². The molecule has 0 spiro atoms. The van der Waals surface area contributed by atoms with Gasteiger partial charge in [-0.05, 0) is 31.3 Å². The molecule has 0 aliphatic rings. The molecule has 0 radical (unpaired) electrons. The van der Waals surface area contributed by atoms with Crippen LogP contribution in [0.4, 0.5) is 0 Å². The Morgan fingerprint density at radius 2 is 2.31 bits per heavy atom. The molecule has 2 aromatic rings. The molecule has 0 aliphatic carbocycles. The molecule has 2 N–H and O–H groups in total. The molecule has 0 atom stereocenters. The number of nitrogens with zero attached hydrogens (tertiary/aromatic N) is 1. The molecule has 0 aliphatic heterocycles. The highest BCUT2D eigenvalue weighted by Gasteiger charge is 2.01. The molecule has 66 valence electrons. The quantitative estimate of drug-likeness (QED) is 0.680. The first-order valence-electron chi connectivity index (χ1n) is 3.97. The van der Waals surface area contributed by atoms with Gasteiger partial charge in [0.1, 0.15) is 0 Å². The Labute approximate surface area is 80.9 Å². The van der Waals surface area contributed by atoms with Crippen molar-refractivity contribution in [1.29, 1.82) is 0 Å². The van der Waals surface area contributed by atoms with Gasteiger partial charge in [0.05, 0.1) is 5.69 Å². The average molecular weight is 191 g/mol. The van der Waals surface area contributed by atoms with E-state index in [0.717, 1.165) is 17.0 Å². The molecule has 3 nitrogen and oxygen atoms in total. The van der Waals surface area contributed by atoms with E-state index in [1.165, 1.54) is 0 Å². The molecule has 0 fully saturated rings. The number of nitrogens with one attached hydrogen (secondary N) is 2. The molecule has 2 rings (SSSR count). The van der Waals surface area contributed by atoms with Gasteiger partial charge in [-0.1, -0.05) is 0 Å². The average Bonchev–Trinajstić information content (AvgIpc) is 2.53. The van der Waals surface area contributed by atoms with E-state index in [0.29, 0.717) is 4.77 Å². The first-order chi connectivity index (χ1) is 6.27. The van der Waals surface area contributed by atoms with Crippen molar-refractivity contribution in [2.45, 2.75) is 6.92 Å².